The Morgan fingerprint density at radius 2 is 1.69 bits per heavy atom. The second kappa shape index (κ2) is 10.9. The molecule has 0 aromatic heterocycles. The van der Waals surface area contributed by atoms with Crippen LogP contribution in [0.4, 0.5) is 0 Å². The zero-order chi connectivity index (χ0) is 24.9. The van der Waals surface area contributed by atoms with Gasteiger partial charge in [0.25, 0.3) is 11.7 Å². The molecular formula is C27H32N2O6. The number of aliphatic hydroxyl groups excluding tert-OH is 1. The Bertz CT molecular complexity index is 1110. The van der Waals surface area contributed by atoms with Crippen molar-refractivity contribution in [2.24, 2.45) is 0 Å². The Kier molecular flexibility index (Phi) is 7.73. The lowest BCUT2D eigenvalue weighted by molar-refractivity contribution is -0.140. The van der Waals surface area contributed by atoms with Crippen LogP contribution >= 0.6 is 0 Å². The topological polar surface area (TPSA) is 88.5 Å². The highest BCUT2D eigenvalue weighted by atomic mass is 16.5. The Labute approximate surface area is 205 Å². The molecular weight excluding hydrogens is 448 g/mol. The molecule has 0 radical (unpaired) electrons. The number of morpholine rings is 1. The van der Waals surface area contributed by atoms with Gasteiger partial charge in [-0.25, -0.2) is 0 Å². The molecule has 4 rings (SSSR count). The number of nitrogens with zero attached hydrogens (tertiary/aromatic N) is 2. The van der Waals surface area contributed by atoms with Crippen molar-refractivity contribution in [1.29, 1.82) is 0 Å². The molecule has 8 heteroatoms. The summed E-state index contributed by atoms with van der Waals surface area (Å²) >= 11 is 0. The fourth-order valence-electron chi connectivity index (χ4n) is 4.64. The van der Waals surface area contributed by atoms with Crippen molar-refractivity contribution in [3.8, 4) is 11.5 Å². The monoisotopic (exact) mass is 480 g/mol. The molecule has 1 unspecified atom stereocenters. The summed E-state index contributed by atoms with van der Waals surface area (Å²) in [6.07, 6.45) is 0.696. The van der Waals surface area contributed by atoms with Crippen molar-refractivity contribution in [3.63, 3.8) is 0 Å². The number of aryl methyl sites for hydroxylation is 1. The summed E-state index contributed by atoms with van der Waals surface area (Å²) in [4.78, 5) is 30.3. The third-order valence-electron chi connectivity index (χ3n) is 6.57. The van der Waals surface area contributed by atoms with Crippen LogP contribution in [-0.2, 0) is 14.3 Å². The van der Waals surface area contributed by atoms with Crippen LogP contribution in [0.3, 0.4) is 0 Å². The van der Waals surface area contributed by atoms with E-state index in [0.717, 1.165) is 25.2 Å². The largest absolute Gasteiger partial charge is 0.507 e. The van der Waals surface area contributed by atoms with Gasteiger partial charge in [-0.2, -0.15) is 0 Å². The number of amides is 1. The minimum atomic E-state index is -0.735. The van der Waals surface area contributed by atoms with Crippen LogP contribution in [0.15, 0.2) is 48.0 Å². The molecule has 8 nitrogen and oxygen atoms in total. The summed E-state index contributed by atoms with van der Waals surface area (Å²) < 4.78 is 16.2. The lowest BCUT2D eigenvalue weighted by Gasteiger charge is -2.29. The quantitative estimate of drug-likeness (QED) is 0.353. The third-order valence-corrected chi connectivity index (χ3v) is 6.57. The van der Waals surface area contributed by atoms with Crippen LogP contribution in [0.2, 0.25) is 0 Å². The van der Waals surface area contributed by atoms with Crippen LogP contribution in [0, 0.1) is 6.92 Å². The number of rotatable bonds is 8. The Balaban J connectivity index is 1.71. The Morgan fingerprint density at radius 3 is 2.34 bits per heavy atom. The number of likely N-dealkylation sites (tertiary alicyclic amines) is 1. The molecule has 2 saturated heterocycles. The van der Waals surface area contributed by atoms with Crippen molar-refractivity contribution in [1.82, 2.24) is 9.80 Å². The van der Waals surface area contributed by atoms with Gasteiger partial charge in [0.15, 0.2) is 11.5 Å². The number of methoxy groups -OCH3 is 2. The van der Waals surface area contributed by atoms with Crippen molar-refractivity contribution >= 4 is 17.4 Å². The van der Waals surface area contributed by atoms with E-state index in [9.17, 15) is 14.7 Å². The van der Waals surface area contributed by atoms with E-state index in [4.69, 9.17) is 14.2 Å². The van der Waals surface area contributed by atoms with E-state index in [1.165, 1.54) is 7.11 Å². The van der Waals surface area contributed by atoms with E-state index in [1.54, 1.807) is 42.3 Å². The van der Waals surface area contributed by atoms with E-state index in [0.29, 0.717) is 48.8 Å². The van der Waals surface area contributed by atoms with E-state index >= 15 is 0 Å². The minimum Gasteiger partial charge on any atom is -0.507 e. The van der Waals surface area contributed by atoms with E-state index in [2.05, 4.69) is 4.90 Å². The number of hydrogen-bond acceptors (Lipinski definition) is 7. The second-order valence-electron chi connectivity index (χ2n) is 8.78. The molecule has 2 aliphatic heterocycles. The van der Waals surface area contributed by atoms with Crippen molar-refractivity contribution in [3.05, 3.63) is 64.7 Å². The molecule has 2 fully saturated rings. The molecule has 1 N–H and O–H groups in total. The van der Waals surface area contributed by atoms with Crippen LogP contribution in [0.1, 0.15) is 29.2 Å². The highest BCUT2D eigenvalue weighted by Gasteiger charge is 2.46. The van der Waals surface area contributed by atoms with Gasteiger partial charge >= 0.3 is 0 Å². The molecule has 2 aromatic carbocycles. The number of aliphatic hydroxyl groups is 1. The van der Waals surface area contributed by atoms with E-state index in [1.807, 2.05) is 19.1 Å². The normalized spacial score (nSPS) is 20.3. The van der Waals surface area contributed by atoms with Crippen molar-refractivity contribution in [2.75, 3.05) is 53.6 Å². The van der Waals surface area contributed by atoms with Gasteiger partial charge in [0, 0.05) is 31.7 Å². The van der Waals surface area contributed by atoms with Crippen molar-refractivity contribution < 1.29 is 28.9 Å². The molecule has 0 saturated carbocycles. The Morgan fingerprint density at radius 1 is 1.00 bits per heavy atom. The van der Waals surface area contributed by atoms with Crippen LogP contribution < -0.4 is 9.47 Å². The van der Waals surface area contributed by atoms with Gasteiger partial charge in [0.2, 0.25) is 0 Å². The maximum absolute atomic E-state index is 13.2. The predicted octanol–water partition coefficient (Wildman–Crippen LogP) is 3.16. The second-order valence-corrected chi connectivity index (χ2v) is 8.78. The molecule has 1 atom stereocenters. The summed E-state index contributed by atoms with van der Waals surface area (Å²) in [7, 11) is 3.08. The maximum Gasteiger partial charge on any atom is 0.295 e. The number of Topliss-reactive ketones (excluding diaryl/α,β-unsaturated/α-hetero) is 1. The lowest BCUT2D eigenvalue weighted by Crippen LogP contribution is -2.38. The van der Waals surface area contributed by atoms with E-state index < -0.39 is 17.7 Å². The molecule has 0 bridgehead atoms. The lowest BCUT2D eigenvalue weighted by atomic mass is 9.94. The minimum absolute atomic E-state index is 0.0810. The maximum atomic E-state index is 13.2. The first kappa shape index (κ1) is 24.8. The first-order valence-electron chi connectivity index (χ1n) is 11.8. The summed E-state index contributed by atoms with van der Waals surface area (Å²) in [5.74, 6) is -0.452. The van der Waals surface area contributed by atoms with Crippen molar-refractivity contribution in [2.45, 2.75) is 19.4 Å². The van der Waals surface area contributed by atoms with Crippen LogP contribution in [0.5, 0.6) is 11.5 Å². The van der Waals surface area contributed by atoms with Gasteiger partial charge in [-0.15, -0.1) is 0 Å². The highest BCUT2D eigenvalue weighted by Crippen LogP contribution is 2.42. The van der Waals surface area contributed by atoms with Gasteiger partial charge in [-0.1, -0.05) is 35.9 Å². The number of carbonyl (C=O) groups excluding carboxylic acids is 2. The SMILES string of the molecule is COc1ccc(C2/C(=C(\O)c3ccc(C)cc3)C(=O)C(=O)N2CCCN2CCOCC2)cc1OC. The summed E-state index contributed by atoms with van der Waals surface area (Å²) in [6.45, 7) is 6.23. The molecule has 0 spiro atoms. The molecule has 2 aromatic rings. The highest BCUT2D eigenvalue weighted by molar-refractivity contribution is 6.46. The predicted molar refractivity (Wildman–Crippen MR) is 132 cm³/mol. The van der Waals surface area contributed by atoms with E-state index in [-0.39, 0.29) is 11.3 Å². The summed E-state index contributed by atoms with van der Waals surface area (Å²) in [6, 6.07) is 11.8. The zero-order valence-electron chi connectivity index (χ0n) is 20.5. The number of ether oxygens (including phenoxy) is 3. The molecule has 2 heterocycles. The molecule has 35 heavy (non-hydrogen) atoms. The molecule has 0 aliphatic carbocycles. The van der Waals surface area contributed by atoms with Gasteiger partial charge in [0.05, 0.1) is 39.0 Å². The van der Waals surface area contributed by atoms with Gasteiger partial charge in [-0.05, 0) is 31.0 Å². The van der Waals surface area contributed by atoms with Gasteiger partial charge < -0.3 is 24.2 Å². The van der Waals surface area contributed by atoms with Gasteiger partial charge in [0.1, 0.15) is 5.76 Å². The zero-order valence-corrected chi connectivity index (χ0v) is 20.5. The first-order valence-corrected chi connectivity index (χ1v) is 11.8. The number of ketones is 1. The number of carbonyl (C=O) groups is 2. The molecule has 2 aliphatic rings. The number of benzene rings is 2. The summed E-state index contributed by atoms with van der Waals surface area (Å²) in [5.41, 5.74) is 2.27. The third kappa shape index (κ3) is 5.18. The van der Waals surface area contributed by atoms with Crippen LogP contribution in [-0.4, -0.2) is 80.2 Å². The standard InChI is InChI=1S/C27H32N2O6/c1-18-5-7-19(8-6-18)25(30)23-24(20-9-10-21(33-2)22(17-20)34-3)29(27(32)26(23)31)12-4-11-28-13-15-35-16-14-28/h5-10,17,24,30H,4,11-16H2,1-3H3/b25-23+. The molecule has 186 valence electrons. The first-order chi connectivity index (χ1) is 16.9. The average Bonchev–Trinajstić information content (AvgIpc) is 3.14. The Hall–Kier alpha value is -3.36. The fourth-order valence-corrected chi connectivity index (χ4v) is 4.64. The molecule has 1 amide bonds. The van der Waals surface area contributed by atoms with Gasteiger partial charge in [-0.3, -0.25) is 14.5 Å². The fraction of sp³-hybridized carbons (Fsp3) is 0.407. The van der Waals surface area contributed by atoms with Crippen LogP contribution in [0.25, 0.3) is 5.76 Å². The smallest absolute Gasteiger partial charge is 0.295 e. The summed E-state index contributed by atoms with van der Waals surface area (Å²) in [5, 5.41) is 11.2. The average molecular weight is 481 g/mol. The number of hydrogen-bond donors (Lipinski definition) is 1.